The van der Waals surface area contributed by atoms with Crippen molar-refractivity contribution in [3.63, 3.8) is 0 Å². The van der Waals surface area contributed by atoms with Crippen molar-refractivity contribution < 1.29 is 0 Å². The third-order valence-corrected chi connectivity index (χ3v) is 7.19. The van der Waals surface area contributed by atoms with Gasteiger partial charge in [0.05, 0.1) is 0 Å². The summed E-state index contributed by atoms with van der Waals surface area (Å²) in [6, 6.07) is 9.23. The highest BCUT2D eigenvalue weighted by Crippen LogP contribution is 2.79. The number of benzene rings is 1. The first-order chi connectivity index (χ1) is 8.00. The molecule has 1 aromatic rings. The topological polar surface area (TPSA) is 0 Å². The van der Waals surface area contributed by atoms with Gasteiger partial charge in [-0.15, -0.1) is 0 Å². The van der Waals surface area contributed by atoms with Gasteiger partial charge in [0, 0.05) is 0 Å². The van der Waals surface area contributed by atoms with Crippen LogP contribution in [0.1, 0.15) is 57.1 Å². The van der Waals surface area contributed by atoms with Crippen molar-refractivity contribution >= 4 is 0 Å². The summed E-state index contributed by atoms with van der Waals surface area (Å²) in [5.74, 6) is 0.830. The molecule has 1 aromatic carbocycles. The Labute approximate surface area is 104 Å². The molecule has 0 heterocycles. The molecule has 4 rings (SSSR count). The molecule has 0 unspecified atom stereocenters. The van der Waals surface area contributed by atoms with E-state index in [-0.39, 0.29) is 0 Å². The van der Waals surface area contributed by atoms with Crippen LogP contribution in [0.3, 0.4) is 0 Å². The maximum atomic E-state index is 2.58. The maximum Gasteiger partial charge on any atom is -0.00943 e. The van der Waals surface area contributed by atoms with E-state index < -0.39 is 0 Å². The lowest BCUT2D eigenvalue weighted by Crippen LogP contribution is -2.41. The highest BCUT2D eigenvalue weighted by atomic mass is 14.7. The van der Waals surface area contributed by atoms with E-state index in [2.05, 4.69) is 45.0 Å². The molecule has 0 amide bonds. The SMILES string of the molecule is C[C@@]12CC[C@]3(C)[C@H](C1)c1ccccc1C[C@]23C. The molecule has 0 aromatic heterocycles. The molecular formula is C17H22. The lowest BCUT2D eigenvalue weighted by molar-refractivity contribution is 0.0620. The molecule has 90 valence electrons. The van der Waals surface area contributed by atoms with Crippen molar-refractivity contribution in [3.8, 4) is 0 Å². The third kappa shape index (κ3) is 0.872. The fraction of sp³-hybridized carbons (Fsp3) is 0.647. The Hall–Kier alpha value is -0.780. The Morgan fingerprint density at radius 1 is 1.06 bits per heavy atom. The van der Waals surface area contributed by atoms with Crippen molar-refractivity contribution in [2.45, 2.75) is 52.4 Å². The first kappa shape index (κ1) is 10.2. The van der Waals surface area contributed by atoms with Crippen LogP contribution in [0.2, 0.25) is 0 Å². The van der Waals surface area contributed by atoms with Gasteiger partial charge in [-0.05, 0) is 59.0 Å². The van der Waals surface area contributed by atoms with Gasteiger partial charge in [-0.3, -0.25) is 0 Å². The molecule has 3 aliphatic carbocycles. The Bertz CT molecular complexity index is 503. The molecule has 2 saturated carbocycles. The predicted molar refractivity (Wildman–Crippen MR) is 71.1 cm³/mol. The summed E-state index contributed by atoms with van der Waals surface area (Å²) in [5.41, 5.74) is 5.01. The molecule has 4 atom stereocenters. The highest BCUT2D eigenvalue weighted by Gasteiger charge is 2.71. The molecule has 3 aliphatic rings. The van der Waals surface area contributed by atoms with E-state index >= 15 is 0 Å². The van der Waals surface area contributed by atoms with Crippen LogP contribution >= 0.6 is 0 Å². The van der Waals surface area contributed by atoms with Crippen LogP contribution < -0.4 is 0 Å². The number of fused-ring (bicyclic) bond motifs is 2. The fourth-order valence-corrected chi connectivity index (χ4v) is 5.62. The van der Waals surface area contributed by atoms with Gasteiger partial charge in [0.25, 0.3) is 0 Å². The summed E-state index contributed by atoms with van der Waals surface area (Å²) >= 11 is 0. The van der Waals surface area contributed by atoms with Crippen LogP contribution in [0.25, 0.3) is 0 Å². The van der Waals surface area contributed by atoms with Gasteiger partial charge >= 0.3 is 0 Å². The molecule has 0 N–H and O–H groups in total. The van der Waals surface area contributed by atoms with Crippen LogP contribution in [-0.4, -0.2) is 0 Å². The van der Waals surface area contributed by atoms with Crippen LogP contribution in [0.4, 0.5) is 0 Å². The van der Waals surface area contributed by atoms with Crippen molar-refractivity contribution in [1.82, 2.24) is 0 Å². The molecule has 0 aliphatic heterocycles. The number of hydrogen-bond acceptors (Lipinski definition) is 0. The monoisotopic (exact) mass is 226 g/mol. The first-order valence-electron chi connectivity index (χ1n) is 7.08. The fourth-order valence-electron chi connectivity index (χ4n) is 5.62. The second-order valence-electron chi connectivity index (χ2n) is 7.44. The van der Waals surface area contributed by atoms with E-state index in [1.54, 1.807) is 11.1 Å². The van der Waals surface area contributed by atoms with E-state index in [1.165, 1.54) is 25.7 Å². The minimum Gasteiger partial charge on any atom is -0.0620 e. The average molecular weight is 226 g/mol. The van der Waals surface area contributed by atoms with E-state index in [4.69, 9.17) is 0 Å². The molecule has 0 heteroatoms. The molecule has 4 bridgehead atoms. The molecule has 2 fully saturated rings. The van der Waals surface area contributed by atoms with Gasteiger partial charge in [0.2, 0.25) is 0 Å². The summed E-state index contributed by atoms with van der Waals surface area (Å²) in [7, 11) is 0. The van der Waals surface area contributed by atoms with Gasteiger partial charge in [-0.25, -0.2) is 0 Å². The van der Waals surface area contributed by atoms with E-state index in [1.807, 2.05) is 0 Å². The van der Waals surface area contributed by atoms with Crippen molar-refractivity contribution in [2.24, 2.45) is 16.2 Å². The normalized spacial score (nSPS) is 50.4. The summed E-state index contributed by atoms with van der Waals surface area (Å²) in [4.78, 5) is 0. The minimum absolute atomic E-state index is 0.541. The Morgan fingerprint density at radius 3 is 2.65 bits per heavy atom. The minimum atomic E-state index is 0.541. The number of rotatable bonds is 0. The first-order valence-corrected chi connectivity index (χ1v) is 7.08. The van der Waals surface area contributed by atoms with Crippen molar-refractivity contribution in [2.75, 3.05) is 0 Å². The third-order valence-electron chi connectivity index (χ3n) is 7.19. The van der Waals surface area contributed by atoms with E-state index in [0.717, 1.165) is 5.92 Å². The largest absolute Gasteiger partial charge is 0.0620 e. The second kappa shape index (κ2) is 2.63. The van der Waals surface area contributed by atoms with Crippen molar-refractivity contribution in [3.05, 3.63) is 35.4 Å². The van der Waals surface area contributed by atoms with Crippen LogP contribution in [-0.2, 0) is 6.42 Å². The lowest BCUT2D eigenvalue weighted by atomic mass is 9.56. The standard InChI is InChI=1S/C17H22/c1-15-8-9-16(2)14(11-15)13-7-5-4-6-12(13)10-17(15,16)3/h4-7,14H,8-11H2,1-3H3/t14-,15-,16-,17-/m1/s1. The van der Waals surface area contributed by atoms with Gasteiger partial charge < -0.3 is 0 Å². The summed E-state index contributed by atoms with van der Waals surface area (Å²) in [6.07, 6.45) is 5.63. The molecule has 0 spiro atoms. The Morgan fingerprint density at radius 2 is 1.82 bits per heavy atom. The predicted octanol–water partition coefficient (Wildman–Crippen LogP) is 4.54. The van der Waals surface area contributed by atoms with Gasteiger partial charge in [0.1, 0.15) is 0 Å². The van der Waals surface area contributed by atoms with Crippen LogP contribution in [0, 0.1) is 16.2 Å². The van der Waals surface area contributed by atoms with Gasteiger partial charge in [-0.2, -0.15) is 0 Å². The smallest absolute Gasteiger partial charge is 0.00943 e. The molecular weight excluding hydrogens is 204 g/mol. The van der Waals surface area contributed by atoms with E-state index in [9.17, 15) is 0 Å². The molecule has 0 radical (unpaired) electrons. The van der Waals surface area contributed by atoms with Gasteiger partial charge in [0.15, 0.2) is 0 Å². The van der Waals surface area contributed by atoms with Crippen LogP contribution in [0.5, 0.6) is 0 Å². The van der Waals surface area contributed by atoms with Gasteiger partial charge in [-0.1, -0.05) is 45.0 Å². The van der Waals surface area contributed by atoms with E-state index in [0.29, 0.717) is 16.2 Å². The Balaban J connectivity index is 2.00. The quantitative estimate of drug-likeness (QED) is 0.609. The molecule has 17 heavy (non-hydrogen) atoms. The summed E-state index contributed by atoms with van der Waals surface area (Å²) in [6.45, 7) is 7.71. The average Bonchev–Trinajstić information content (AvgIpc) is 2.56. The summed E-state index contributed by atoms with van der Waals surface area (Å²) < 4.78 is 0. The summed E-state index contributed by atoms with van der Waals surface area (Å²) in [5, 5.41) is 0. The molecule has 0 nitrogen and oxygen atoms in total. The zero-order chi connectivity index (χ0) is 11.9. The maximum absolute atomic E-state index is 2.58. The zero-order valence-corrected chi connectivity index (χ0v) is 11.2. The lowest BCUT2D eigenvalue weighted by Gasteiger charge is -2.48. The second-order valence-corrected chi connectivity index (χ2v) is 7.44. The number of hydrogen-bond donors (Lipinski definition) is 0. The molecule has 0 saturated heterocycles. The van der Waals surface area contributed by atoms with Crippen molar-refractivity contribution in [1.29, 1.82) is 0 Å². The van der Waals surface area contributed by atoms with Crippen LogP contribution in [0.15, 0.2) is 24.3 Å². The zero-order valence-electron chi connectivity index (χ0n) is 11.2. The highest BCUT2D eigenvalue weighted by molar-refractivity contribution is 5.43. The Kier molecular flexibility index (Phi) is 1.57.